The van der Waals surface area contributed by atoms with E-state index in [2.05, 4.69) is 32.8 Å². The number of rotatable bonds is 5. The maximum Gasteiger partial charge on any atom is 0.178 e. The van der Waals surface area contributed by atoms with Gasteiger partial charge in [0.15, 0.2) is 5.78 Å². The molecule has 0 atom stereocenters. The molecule has 5 nitrogen and oxygen atoms in total. The Morgan fingerprint density at radius 2 is 1.96 bits per heavy atom. The first kappa shape index (κ1) is 16.8. The van der Waals surface area contributed by atoms with E-state index in [-0.39, 0.29) is 5.78 Å². The number of hydrogen-bond donors (Lipinski definition) is 1. The third-order valence-corrected chi connectivity index (χ3v) is 5.20. The summed E-state index contributed by atoms with van der Waals surface area (Å²) in [5.74, 6) is 1.21. The fraction of sp³-hybridized carbons (Fsp3) is 0.333. The van der Waals surface area contributed by atoms with Gasteiger partial charge in [0.25, 0.3) is 0 Å². The molecule has 3 heterocycles. The number of nitrogens with zero attached hydrogens (tertiary/aromatic N) is 3. The van der Waals surface area contributed by atoms with Crippen molar-refractivity contribution in [3.63, 3.8) is 0 Å². The van der Waals surface area contributed by atoms with E-state index in [4.69, 9.17) is 0 Å². The van der Waals surface area contributed by atoms with Crippen LogP contribution in [0.2, 0.25) is 0 Å². The third-order valence-electron chi connectivity index (χ3n) is 5.20. The number of carbonyl (C=O) groups excluding carboxylic acids is 1. The minimum absolute atomic E-state index is 0.191. The Morgan fingerprint density at radius 3 is 2.69 bits per heavy atom. The maximum atomic E-state index is 12.9. The lowest BCUT2D eigenvalue weighted by Gasteiger charge is -2.34. The van der Waals surface area contributed by atoms with Crippen LogP contribution in [0.1, 0.15) is 22.8 Å². The van der Waals surface area contributed by atoms with Crippen LogP contribution in [0.25, 0.3) is 10.9 Å². The number of ketones is 1. The number of H-pyrrole nitrogens is 1. The predicted octanol–water partition coefficient (Wildman–Crippen LogP) is 3.13. The number of fused-ring (bicyclic) bond motifs is 1. The van der Waals surface area contributed by atoms with Crippen LogP contribution < -0.4 is 4.90 Å². The molecule has 1 aliphatic heterocycles. The van der Waals surface area contributed by atoms with Crippen LogP contribution in [0, 0.1) is 0 Å². The van der Waals surface area contributed by atoms with E-state index in [1.807, 2.05) is 42.7 Å². The van der Waals surface area contributed by atoms with E-state index in [9.17, 15) is 4.79 Å². The van der Waals surface area contributed by atoms with Crippen LogP contribution in [0.4, 0.5) is 5.82 Å². The highest BCUT2D eigenvalue weighted by Crippen LogP contribution is 2.23. The highest BCUT2D eigenvalue weighted by atomic mass is 16.1. The molecule has 0 saturated carbocycles. The summed E-state index contributed by atoms with van der Waals surface area (Å²) in [6.45, 7) is 6.17. The van der Waals surface area contributed by atoms with Gasteiger partial charge < -0.3 is 9.88 Å². The normalized spacial score (nSPS) is 15.5. The number of aromatic amines is 1. The molecule has 0 unspecified atom stereocenters. The number of benzene rings is 1. The number of nitrogens with one attached hydrogen (secondary N) is 1. The highest BCUT2D eigenvalue weighted by molar-refractivity contribution is 6.09. The van der Waals surface area contributed by atoms with Crippen molar-refractivity contribution in [2.75, 3.05) is 37.6 Å². The molecule has 1 saturated heterocycles. The Bertz CT molecular complexity index is 895. The van der Waals surface area contributed by atoms with E-state index in [1.54, 1.807) is 0 Å². The monoisotopic (exact) mass is 348 g/mol. The predicted molar refractivity (Wildman–Crippen MR) is 105 cm³/mol. The number of pyridine rings is 1. The van der Waals surface area contributed by atoms with Crippen LogP contribution in [0.3, 0.4) is 0 Å². The highest BCUT2D eigenvalue weighted by Gasteiger charge is 2.21. The molecule has 0 radical (unpaired) electrons. The zero-order chi connectivity index (χ0) is 17.9. The average Bonchev–Trinajstić information content (AvgIpc) is 3.13. The molecule has 2 aromatic heterocycles. The number of piperazine rings is 1. The minimum atomic E-state index is 0.191. The van der Waals surface area contributed by atoms with Gasteiger partial charge in [-0.05, 0) is 24.1 Å². The van der Waals surface area contributed by atoms with E-state index < -0.39 is 0 Å². The molecule has 3 aromatic rings. The van der Waals surface area contributed by atoms with Crippen LogP contribution in [-0.2, 0) is 6.42 Å². The van der Waals surface area contributed by atoms with E-state index in [0.717, 1.165) is 54.9 Å². The van der Waals surface area contributed by atoms with Crippen molar-refractivity contribution in [1.82, 2.24) is 14.9 Å². The van der Waals surface area contributed by atoms with E-state index >= 15 is 0 Å². The van der Waals surface area contributed by atoms with Crippen LogP contribution in [-0.4, -0.2) is 53.4 Å². The summed E-state index contributed by atoms with van der Waals surface area (Å²) >= 11 is 0. The zero-order valence-corrected chi connectivity index (χ0v) is 15.1. The van der Waals surface area contributed by atoms with Crippen LogP contribution in [0.15, 0.2) is 48.8 Å². The Morgan fingerprint density at radius 1 is 1.12 bits per heavy atom. The summed E-state index contributed by atoms with van der Waals surface area (Å²) in [7, 11) is 0. The molecule has 0 amide bonds. The van der Waals surface area contributed by atoms with Crippen molar-refractivity contribution in [1.29, 1.82) is 0 Å². The second-order valence-corrected chi connectivity index (χ2v) is 6.77. The Hall–Kier alpha value is -2.66. The smallest absolute Gasteiger partial charge is 0.178 e. The molecule has 26 heavy (non-hydrogen) atoms. The van der Waals surface area contributed by atoms with Gasteiger partial charge in [0.2, 0.25) is 0 Å². The number of para-hydroxylation sites is 1. The topological polar surface area (TPSA) is 52.2 Å². The first-order valence-electron chi connectivity index (χ1n) is 9.26. The van der Waals surface area contributed by atoms with Crippen molar-refractivity contribution in [2.24, 2.45) is 0 Å². The number of aryl methyl sites for hydroxylation is 1. The summed E-state index contributed by atoms with van der Waals surface area (Å²) in [6.07, 6.45) is 4.66. The van der Waals surface area contributed by atoms with Gasteiger partial charge in [0.1, 0.15) is 5.82 Å². The first-order chi connectivity index (χ1) is 12.8. The number of Topliss-reactive ketones (excluding diaryl/α,β-unsaturated/α-hetero) is 1. The second kappa shape index (κ2) is 7.30. The quantitative estimate of drug-likeness (QED) is 0.720. The SMILES string of the molecule is CCc1cccc2c(C(=O)CN3CCN(c4ccccn4)CC3)c[nH]c12. The van der Waals surface area contributed by atoms with E-state index in [1.165, 1.54) is 5.56 Å². The molecule has 1 aliphatic rings. The molecular formula is C21H24N4O. The van der Waals surface area contributed by atoms with Crippen molar-refractivity contribution in [3.8, 4) is 0 Å². The zero-order valence-electron chi connectivity index (χ0n) is 15.1. The second-order valence-electron chi connectivity index (χ2n) is 6.77. The van der Waals surface area contributed by atoms with Crippen molar-refractivity contribution in [3.05, 3.63) is 59.9 Å². The largest absolute Gasteiger partial charge is 0.360 e. The standard InChI is InChI=1S/C21H24N4O/c1-2-16-6-5-7-17-18(14-23-21(16)17)19(26)15-24-10-12-25(13-11-24)20-8-3-4-9-22-20/h3-9,14,23H,2,10-13,15H2,1H3. The van der Waals surface area contributed by atoms with Gasteiger partial charge >= 0.3 is 0 Å². The summed E-state index contributed by atoms with van der Waals surface area (Å²) in [5.41, 5.74) is 3.16. The molecule has 5 heteroatoms. The fourth-order valence-corrected chi connectivity index (χ4v) is 3.71. The molecule has 1 aromatic carbocycles. The van der Waals surface area contributed by atoms with Gasteiger partial charge in [-0.1, -0.05) is 31.2 Å². The number of aromatic nitrogens is 2. The van der Waals surface area contributed by atoms with Crippen molar-refractivity contribution < 1.29 is 4.79 Å². The number of carbonyl (C=O) groups is 1. The Kier molecular flexibility index (Phi) is 4.71. The lowest BCUT2D eigenvalue weighted by atomic mass is 10.0. The molecular weight excluding hydrogens is 324 g/mol. The summed E-state index contributed by atoms with van der Waals surface area (Å²) in [4.78, 5) is 25.1. The molecule has 0 aliphatic carbocycles. The number of anilines is 1. The summed E-state index contributed by atoms with van der Waals surface area (Å²) < 4.78 is 0. The van der Waals surface area contributed by atoms with Gasteiger partial charge in [-0.2, -0.15) is 0 Å². The lowest BCUT2D eigenvalue weighted by molar-refractivity contribution is 0.0928. The molecule has 0 spiro atoms. The molecule has 134 valence electrons. The molecule has 1 N–H and O–H groups in total. The van der Waals surface area contributed by atoms with E-state index in [0.29, 0.717) is 6.54 Å². The van der Waals surface area contributed by atoms with Gasteiger partial charge in [0.05, 0.1) is 6.54 Å². The Labute approximate surface area is 153 Å². The third kappa shape index (κ3) is 3.22. The van der Waals surface area contributed by atoms with Crippen LogP contribution >= 0.6 is 0 Å². The summed E-state index contributed by atoms with van der Waals surface area (Å²) in [6, 6.07) is 12.2. The van der Waals surface area contributed by atoms with Crippen LogP contribution in [0.5, 0.6) is 0 Å². The molecule has 1 fully saturated rings. The fourth-order valence-electron chi connectivity index (χ4n) is 3.71. The lowest BCUT2D eigenvalue weighted by Crippen LogP contribution is -2.48. The summed E-state index contributed by atoms with van der Waals surface area (Å²) in [5, 5.41) is 1.04. The van der Waals surface area contributed by atoms with Gasteiger partial charge in [-0.3, -0.25) is 9.69 Å². The Balaban J connectivity index is 1.42. The van der Waals surface area contributed by atoms with Gasteiger partial charge in [-0.15, -0.1) is 0 Å². The average molecular weight is 348 g/mol. The minimum Gasteiger partial charge on any atom is -0.360 e. The van der Waals surface area contributed by atoms with Gasteiger partial charge in [-0.25, -0.2) is 4.98 Å². The molecule has 0 bridgehead atoms. The first-order valence-corrected chi connectivity index (χ1v) is 9.26. The van der Waals surface area contributed by atoms with Gasteiger partial charge in [0, 0.05) is 55.0 Å². The molecule has 4 rings (SSSR count). The van der Waals surface area contributed by atoms with Crippen molar-refractivity contribution in [2.45, 2.75) is 13.3 Å². The number of hydrogen-bond acceptors (Lipinski definition) is 4. The maximum absolute atomic E-state index is 12.9. The van der Waals surface area contributed by atoms with Crippen molar-refractivity contribution >= 4 is 22.5 Å².